The van der Waals surface area contributed by atoms with Gasteiger partial charge in [0.2, 0.25) is 11.8 Å². The number of pyridine rings is 1. The molecule has 2 aliphatic carbocycles. The van der Waals surface area contributed by atoms with E-state index in [9.17, 15) is 18.7 Å². The van der Waals surface area contributed by atoms with E-state index in [0.29, 0.717) is 49.2 Å². The van der Waals surface area contributed by atoms with Crippen molar-refractivity contribution in [3.05, 3.63) is 35.0 Å². The lowest BCUT2D eigenvalue weighted by Gasteiger charge is -2.43. The summed E-state index contributed by atoms with van der Waals surface area (Å²) >= 11 is 6.70. The normalized spacial score (nSPS) is 31.6. The minimum atomic E-state index is -2.59. The third-order valence-corrected chi connectivity index (χ3v) is 9.94. The number of alkyl halides is 2. The van der Waals surface area contributed by atoms with Crippen molar-refractivity contribution < 1.29 is 23.4 Å². The molecule has 2 N–H and O–H groups in total. The summed E-state index contributed by atoms with van der Waals surface area (Å²) in [5, 5.41) is 15.9. The molecule has 3 atom stereocenters. The number of hydrogen-bond acceptors (Lipinski definition) is 5. The summed E-state index contributed by atoms with van der Waals surface area (Å²) < 4.78 is 32.7. The first kappa shape index (κ1) is 25.4. The second-order valence-electron chi connectivity index (χ2n) is 11.9. The first-order valence-electron chi connectivity index (χ1n) is 13.4. The quantitative estimate of drug-likeness (QED) is 0.552. The van der Waals surface area contributed by atoms with Gasteiger partial charge < -0.3 is 15.2 Å². The Balaban J connectivity index is 1.13. The standard InChI is InChI=1S/C28H34ClF2N3O3/c1-26(16-37-15-23(26)35)34-8-2-17(3-9-34)20-10-18-12-24(32-14-19(18)11-22(20)29)33-25(36)21-13-27(21)4-6-28(30,31)7-5-27/h10-12,14,17,21,23,35H,2-9,13,15-16H2,1H3,(H,32,33,36)/t21-,23-,26+/m0/s1. The van der Waals surface area contributed by atoms with Crippen LogP contribution >= 0.6 is 11.6 Å². The van der Waals surface area contributed by atoms with Crippen LogP contribution in [0.5, 0.6) is 0 Å². The van der Waals surface area contributed by atoms with Gasteiger partial charge in [-0.15, -0.1) is 0 Å². The van der Waals surface area contributed by atoms with Gasteiger partial charge >= 0.3 is 0 Å². The molecule has 6 rings (SSSR count). The lowest BCUT2D eigenvalue weighted by atomic mass is 9.82. The molecular weight excluding hydrogens is 500 g/mol. The number of rotatable bonds is 4. The highest BCUT2D eigenvalue weighted by Gasteiger charge is 2.61. The van der Waals surface area contributed by atoms with Gasteiger partial charge in [0.15, 0.2) is 0 Å². The molecule has 2 saturated carbocycles. The molecule has 9 heteroatoms. The Labute approximate surface area is 220 Å². The van der Waals surface area contributed by atoms with Crippen LogP contribution in [0.15, 0.2) is 24.4 Å². The van der Waals surface area contributed by atoms with E-state index in [-0.39, 0.29) is 35.6 Å². The number of carbonyl (C=O) groups excluding carboxylic acids is 1. The molecule has 4 aliphatic rings. The third-order valence-electron chi connectivity index (χ3n) is 9.62. The predicted octanol–water partition coefficient (Wildman–Crippen LogP) is 5.37. The number of halogens is 3. The minimum Gasteiger partial charge on any atom is -0.389 e. The Morgan fingerprint density at radius 3 is 2.57 bits per heavy atom. The Kier molecular flexibility index (Phi) is 6.26. The molecule has 2 saturated heterocycles. The first-order chi connectivity index (χ1) is 17.6. The van der Waals surface area contributed by atoms with E-state index in [1.165, 1.54) is 0 Å². The van der Waals surface area contributed by atoms with Crippen LogP contribution in [0, 0.1) is 11.3 Å². The van der Waals surface area contributed by atoms with Gasteiger partial charge in [0.05, 0.1) is 24.9 Å². The Hall–Kier alpha value is -1.87. The number of aliphatic hydroxyl groups excluding tert-OH is 1. The molecule has 2 aliphatic heterocycles. The van der Waals surface area contributed by atoms with Crippen molar-refractivity contribution in [1.29, 1.82) is 0 Å². The number of nitrogens with zero attached hydrogens (tertiary/aromatic N) is 2. The van der Waals surface area contributed by atoms with Gasteiger partial charge in [-0.1, -0.05) is 11.6 Å². The number of aromatic nitrogens is 1. The molecule has 37 heavy (non-hydrogen) atoms. The number of anilines is 1. The van der Waals surface area contributed by atoms with E-state index >= 15 is 0 Å². The number of amides is 1. The molecule has 0 bridgehead atoms. The maximum absolute atomic E-state index is 13.6. The van der Waals surface area contributed by atoms with Gasteiger partial charge in [0.1, 0.15) is 5.82 Å². The predicted molar refractivity (Wildman–Crippen MR) is 138 cm³/mol. The van der Waals surface area contributed by atoms with Crippen molar-refractivity contribution in [1.82, 2.24) is 9.88 Å². The summed E-state index contributed by atoms with van der Waals surface area (Å²) in [6.07, 6.45) is 4.37. The highest BCUT2D eigenvalue weighted by Crippen LogP contribution is 2.63. The van der Waals surface area contributed by atoms with Crippen LogP contribution in [0.3, 0.4) is 0 Å². The molecule has 1 spiro atoms. The number of piperidine rings is 1. The second kappa shape index (κ2) is 9.11. The van der Waals surface area contributed by atoms with Gasteiger partial charge in [-0.05, 0) is 92.6 Å². The van der Waals surface area contributed by atoms with E-state index in [1.54, 1.807) is 6.20 Å². The van der Waals surface area contributed by atoms with Crippen molar-refractivity contribution in [2.45, 2.75) is 75.4 Å². The lowest BCUT2D eigenvalue weighted by molar-refractivity contribution is -0.119. The van der Waals surface area contributed by atoms with Crippen molar-refractivity contribution in [3.8, 4) is 0 Å². The monoisotopic (exact) mass is 533 g/mol. The molecule has 0 radical (unpaired) electrons. The van der Waals surface area contributed by atoms with Crippen LogP contribution in [0.2, 0.25) is 5.02 Å². The molecule has 1 aromatic carbocycles. The molecular formula is C28H34ClF2N3O3. The largest absolute Gasteiger partial charge is 0.389 e. The van der Waals surface area contributed by atoms with E-state index < -0.39 is 12.0 Å². The van der Waals surface area contributed by atoms with Gasteiger partial charge in [-0.3, -0.25) is 9.69 Å². The van der Waals surface area contributed by atoms with Gasteiger partial charge in [-0.25, -0.2) is 13.8 Å². The topological polar surface area (TPSA) is 74.7 Å². The fourth-order valence-electron chi connectivity index (χ4n) is 6.82. The average Bonchev–Trinajstić information content (AvgIpc) is 3.49. The van der Waals surface area contributed by atoms with Gasteiger partial charge in [-0.2, -0.15) is 0 Å². The zero-order valence-electron chi connectivity index (χ0n) is 21.1. The number of fused-ring (bicyclic) bond motifs is 1. The van der Waals surface area contributed by atoms with E-state index in [0.717, 1.165) is 42.3 Å². The highest BCUT2D eigenvalue weighted by molar-refractivity contribution is 6.32. The summed E-state index contributed by atoms with van der Waals surface area (Å²) in [6.45, 7) is 4.73. The molecule has 1 aromatic heterocycles. The number of aliphatic hydroxyl groups is 1. The minimum absolute atomic E-state index is 0.120. The van der Waals surface area contributed by atoms with Gasteiger partial charge in [0.25, 0.3) is 0 Å². The third kappa shape index (κ3) is 4.64. The molecule has 200 valence electrons. The van der Waals surface area contributed by atoms with E-state index in [4.69, 9.17) is 16.3 Å². The van der Waals surface area contributed by atoms with Crippen LogP contribution in [0.25, 0.3) is 10.8 Å². The van der Waals surface area contributed by atoms with Crippen LogP contribution in [0.4, 0.5) is 14.6 Å². The summed E-state index contributed by atoms with van der Waals surface area (Å²) in [6, 6.07) is 5.91. The molecule has 2 aromatic rings. The zero-order valence-corrected chi connectivity index (χ0v) is 21.9. The maximum Gasteiger partial charge on any atom is 0.248 e. The summed E-state index contributed by atoms with van der Waals surface area (Å²) in [5.41, 5.74) is 0.501. The Morgan fingerprint density at radius 1 is 1.16 bits per heavy atom. The number of carbonyl (C=O) groups is 1. The number of benzene rings is 1. The highest BCUT2D eigenvalue weighted by atomic mass is 35.5. The zero-order chi connectivity index (χ0) is 26.0. The smallest absolute Gasteiger partial charge is 0.248 e. The van der Waals surface area contributed by atoms with Crippen molar-refractivity contribution >= 4 is 34.1 Å². The Bertz CT molecular complexity index is 1210. The fourth-order valence-corrected chi connectivity index (χ4v) is 7.15. The molecule has 6 nitrogen and oxygen atoms in total. The average molecular weight is 534 g/mol. The van der Waals surface area contributed by atoms with Gasteiger partial charge in [0, 0.05) is 35.4 Å². The van der Waals surface area contributed by atoms with Crippen molar-refractivity contribution in [2.75, 3.05) is 31.6 Å². The van der Waals surface area contributed by atoms with Crippen LogP contribution in [-0.2, 0) is 9.53 Å². The second-order valence-corrected chi connectivity index (χ2v) is 12.3. The lowest BCUT2D eigenvalue weighted by Crippen LogP contribution is -2.56. The van der Waals surface area contributed by atoms with E-state index in [1.807, 2.05) is 12.1 Å². The maximum atomic E-state index is 13.6. The molecule has 4 fully saturated rings. The van der Waals surface area contributed by atoms with Crippen molar-refractivity contribution in [2.24, 2.45) is 11.3 Å². The van der Waals surface area contributed by atoms with Crippen LogP contribution < -0.4 is 5.32 Å². The number of ether oxygens (including phenoxy) is 1. The molecule has 0 unspecified atom stereocenters. The van der Waals surface area contributed by atoms with Crippen LogP contribution in [0.1, 0.15) is 63.4 Å². The first-order valence-corrected chi connectivity index (χ1v) is 13.8. The Morgan fingerprint density at radius 2 is 1.89 bits per heavy atom. The summed E-state index contributed by atoms with van der Waals surface area (Å²) in [7, 11) is 0. The number of hydrogen-bond donors (Lipinski definition) is 2. The molecule has 3 heterocycles. The summed E-state index contributed by atoms with van der Waals surface area (Å²) in [4.78, 5) is 19.7. The number of nitrogens with one attached hydrogen (secondary N) is 1. The summed E-state index contributed by atoms with van der Waals surface area (Å²) in [5.74, 6) is -2.14. The number of likely N-dealkylation sites (tertiary alicyclic amines) is 1. The fraction of sp³-hybridized carbons (Fsp3) is 0.643. The van der Waals surface area contributed by atoms with Crippen LogP contribution in [-0.4, -0.2) is 64.8 Å². The van der Waals surface area contributed by atoms with E-state index in [2.05, 4.69) is 28.2 Å². The molecule has 1 amide bonds. The van der Waals surface area contributed by atoms with Crippen molar-refractivity contribution in [3.63, 3.8) is 0 Å². The SMILES string of the molecule is C[C@@]1(N2CCC(c3cc4cc(NC(=O)[C@@H]5CC56CCC(F)(F)CC6)ncc4cc3Cl)CC2)COC[C@@H]1O.